The van der Waals surface area contributed by atoms with E-state index in [4.69, 9.17) is 4.74 Å². The van der Waals surface area contributed by atoms with Gasteiger partial charge in [-0.1, -0.05) is 27.2 Å². The summed E-state index contributed by atoms with van der Waals surface area (Å²) in [6.45, 7) is 7.35. The third kappa shape index (κ3) is 3.95. The molecule has 0 aromatic heterocycles. The largest absolute Gasteiger partial charge is 0.385 e. The fourth-order valence-electron chi connectivity index (χ4n) is 2.64. The zero-order valence-corrected chi connectivity index (χ0v) is 13.1. The van der Waals surface area contributed by atoms with Gasteiger partial charge in [-0.2, -0.15) is 0 Å². The first kappa shape index (κ1) is 17.0. The second-order valence-electron chi connectivity index (χ2n) is 5.53. The summed E-state index contributed by atoms with van der Waals surface area (Å²) in [6.07, 6.45) is 3.31. The summed E-state index contributed by atoms with van der Waals surface area (Å²) in [6, 6.07) is -0.678. The topological polar surface area (TPSA) is 58.6 Å². The molecule has 0 saturated carbocycles. The van der Waals surface area contributed by atoms with Crippen LogP contribution in [0, 0.1) is 5.92 Å². The van der Waals surface area contributed by atoms with Gasteiger partial charge >= 0.3 is 0 Å². The van der Waals surface area contributed by atoms with E-state index in [0.29, 0.717) is 19.6 Å². The van der Waals surface area contributed by atoms with Gasteiger partial charge < -0.3 is 15.0 Å². The molecular weight excluding hydrogens is 256 g/mol. The molecule has 0 radical (unpaired) electrons. The second kappa shape index (κ2) is 8.25. The first-order valence-electron chi connectivity index (χ1n) is 7.66. The van der Waals surface area contributed by atoms with E-state index in [1.807, 2.05) is 13.8 Å². The molecule has 20 heavy (non-hydrogen) atoms. The summed E-state index contributed by atoms with van der Waals surface area (Å²) in [5, 5.41) is 2.86. The molecule has 5 heteroatoms. The Morgan fingerprint density at radius 1 is 1.30 bits per heavy atom. The molecule has 1 N–H and O–H groups in total. The highest BCUT2D eigenvalue weighted by Gasteiger charge is 2.41. The maximum Gasteiger partial charge on any atom is 0.245 e. The van der Waals surface area contributed by atoms with Crippen LogP contribution in [-0.2, 0) is 14.3 Å². The van der Waals surface area contributed by atoms with Crippen LogP contribution in [-0.4, -0.2) is 49.1 Å². The van der Waals surface area contributed by atoms with E-state index >= 15 is 0 Å². The number of carbonyl (C=O) groups excluding carboxylic acids is 2. The van der Waals surface area contributed by atoms with Crippen molar-refractivity contribution >= 4 is 11.8 Å². The molecular formula is C15H28N2O3. The molecule has 1 saturated heterocycles. The van der Waals surface area contributed by atoms with Gasteiger partial charge in [0, 0.05) is 20.3 Å². The number of nitrogens with one attached hydrogen (secondary N) is 1. The van der Waals surface area contributed by atoms with E-state index < -0.39 is 0 Å². The van der Waals surface area contributed by atoms with Crippen LogP contribution in [0.4, 0.5) is 0 Å². The summed E-state index contributed by atoms with van der Waals surface area (Å²) in [5.74, 6) is 0.242. The molecule has 0 aliphatic carbocycles. The SMILES string of the molecule is CCC1NC(=O)C(C(C)CC)N(CCCCOC)C1=O. The fraction of sp³-hybridized carbons (Fsp3) is 0.867. The molecule has 0 aromatic carbocycles. The predicted octanol–water partition coefficient (Wildman–Crippen LogP) is 1.56. The Morgan fingerprint density at radius 3 is 2.55 bits per heavy atom. The van der Waals surface area contributed by atoms with Gasteiger partial charge in [0.1, 0.15) is 12.1 Å². The molecule has 0 aromatic rings. The molecule has 1 aliphatic rings. The second-order valence-corrected chi connectivity index (χ2v) is 5.53. The van der Waals surface area contributed by atoms with Gasteiger partial charge in [0.05, 0.1) is 0 Å². The number of carbonyl (C=O) groups is 2. The Kier molecular flexibility index (Phi) is 6.99. The lowest BCUT2D eigenvalue weighted by molar-refractivity contribution is -0.151. The van der Waals surface area contributed by atoms with Crippen molar-refractivity contribution in [2.45, 2.75) is 58.5 Å². The number of unbranched alkanes of at least 4 members (excludes halogenated alkanes) is 1. The quantitative estimate of drug-likeness (QED) is 0.688. The predicted molar refractivity (Wildman–Crippen MR) is 78.3 cm³/mol. The Labute approximate surface area is 122 Å². The van der Waals surface area contributed by atoms with Crippen LogP contribution in [0.3, 0.4) is 0 Å². The standard InChI is InChI=1S/C15H28N2O3/c1-5-11(3)13-14(18)16-12(6-2)15(19)17(13)9-7-8-10-20-4/h11-13H,5-10H2,1-4H3,(H,16,18). The maximum absolute atomic E-state index is 12.5. The van der Waals surface area contributed by atoms with Crippen LogP contribution in [0.15, 0.2) is 0 Å². The average molecular weight is 284 g/mol. The van der Waals surface area contributed by atoms with Gasteiger partial charge in [0.15, 0.2) is 0 Å². The van der Waals surface area contributed by atoms with Crippen LogP contribution in [0.5, 0.6) is 0 Å². The number of nitrogens with zero attached hydrogens (tertiary/aromatic N) is 1. The number of hydrogen-bond donors (Lipinski definition) is 1. The number of ether oxygens (including phenoxy) is 1. The minimum atomic E-state index is -0.356. The molecule has 3 unspecified atom stereocenters. The van der Waals surface area contributed by atoms with Crippen molar-refractivity contribution in [3.8, 4) is 0 Å². The van der Waals surface area contributed by atoms with Gasteiger partial charge in [-0.3, -0.25) is 9.59 Å². The maximum atomic E-state index is 12.5. The summed E-state index contributed by atoms with van der Waals surface area (Å²) >= 11 is 0. The van der Waals surface area contributed by atoms with Crippen LogP contribution >= 0.6 is 0 Å². The van der Waals surface area contributed by atoms with Crippen LogP contribution < -0.4 is 5.32 Å². The summed E-state index contributed by atoms with van der Waals surface area (Å²) in [5.41, 5.74) is 0. The van der Waals surface area contributed by atoms with Gasteiger partial charge in [0.25, 0.3) is 0 Å². The third-order valence-corrected chi connectivity index (χ3v) is 4.09. The van der Waals surface area contributed by atoms with Gasteiger partial charge in [0.2, 0.25) is 11.8 Å². The van der Waals surface area contributed by atoms with Gasteiger partial charge in [-0.15, -0.1) is 0 Å². The lowest BCUT2D eigenvalue weighted by Crippen LogP contribution is -2.64. The molecule has 5 nitrogen and oxygen atoms in total. The molecule has 1 heterocycles. The average Bonchev–Trinajstić information content (AvgIpc) is 2.45. The Balaban J connectivity index is 2.77. The molecule has 0 spiro atoms. The van der Waals surface area contributed by atoms with Crippen molar-refractivity contribution in [2.75, 3.05) is 20.3 Å². The first-order chi connectivity index (χ1) is 9.56. The number of piperazine rings is 1. The molecule has 3 atom stereocenters. The Morgan fingerprint density at radius 2 is 2.00 bits per heavy atom. The van der Waals surface area contributed by atoms with Crippen LogP contribution in [0.2, 0.25) is 0 Å². The molecule has 1 rings (SSSR count). The minimum Gasteiger partial charge on any atom is -0.385 e. The highest BCUT2D eigenvalue weighted by molar-refractivity contribution is 5.97. The van der Waals surface area contributed by atoms with E-state index in [0.717, 1.165) is 19.3 Å². The summed E-state index contributed by atoms with van der Waals surface area (Å²) < 4.78 is 5.03. The third-order valence-electron chi connectivity index (χ3n) is 4.09. The van der Waals surface area contributed by atoms with E-state index in [1.165, 1.54) is 0 Å². The van der Waals surface area contributed by atoms with Crippen molar-refractivity contribution in [3.05, 3.63) is 0 Å². The fourth-order valence-corrected chi connectivity index (χ4v) is 2.64. The monoisotopic (exact) mass is 284 g/mol. The van der Waals surface area contributed by atoms with Crippen molar-refractivity contribution in [2.24, 2.45) is 5.92 Å². The highest BCUT2D eigenvalue weighted by atomic mass is 16.5. The van der Waals surface area contributed by atoms with Crippen molar-refractivity contribution in [1.82, 2.24) is 10.2 Å². The number of amides is 2. The number of methoxy groups -OCH3 is 1. The lowest BCUT2D eigenvalue weighted by Gasteiger charge is -2.41. The van der Waals surface area contributed by atoms with E-state index in [-0.39, 0.29) is 29.8 Å². The molecule has 1 fully saturated rings. The highest BCUT2D eigenvalue weighted by Crippen LogP contribution is 2.21. The molecule has 2 amide bonds. The van der Waals surface area contributed by atoms with Crippen molar-refractivity contribution < 1.29 is 14.3 Å². The smallest absolute Gasteiger partial charge is 0.245 e. The Hall–Kier alpha value is -1.10. The van der Waals surface area contributed by atoms with Gasteiger partial charge in [-0.25, -0.2) is 0 Å². The normalized spacial score (nSPS) is 24.7. The van der Waals surface area contributed by atoms with E-state index in [1.54, 1.807) is 12.0 Å². The number of rotatable bonds is 8. The summed E-state index contributed by atoms with van der Waals surface area (Å²) in [7, 11) is 1.68. The zero-order chi connectivity index (χ0) is 15.1. The van der Waals surface area contributed by atoms with Crippen molar-refractivity contribution in [3.63, 3.8) is 0 Å². The lowest BCUT2D eigenvalue weighted by atomic mass is 9.92. The zero-order valence-electron chi connectivity index (χ0n) is 13.1. The van der Waals surface area contributed by atoms with Crippen molar-refractivity contribution in [1.29, 1.82) is 0 Å². The Bertz CT molecular complexity index is 333. The van der Waals surface area contributed by atoms with E-state index in [9.17, 15) is 9.59 Å². The van der Waals surface area contributed by atoms with E-state index in [2.05, 4.69) is 12.2 Å². The van der Waals surface area contributed by atoms with Crippen LogP contribution in [0.25, 0.3) is 0 Å². The summed E-state index contributed by atoms with van der Waals surface area (Å²) in [4.78, 5) is 26.5. The van der Waals surface area contributed by atoms with Gasteiger partial charge in [-0.05, 0) is 25.2 Å². The first-order valence-corrected chi connectivity index (χ1v) is 7.66. The van der Waals surface area contributed by atoms with Crippen LogP contribution in [0.1, 0.15) is 46.5 Å². The minimum absolute atomic E-state index is 0.00228. The number of hydrogen-bond acceptors (Lipinski definition) is 3. The molecule has 116 valence electrons. The molecule has 1 aliphatic heterocycles. The molecule has 0 bridgehead atoms.